The maximum atomic E-state index is 12.1. The lowest BCUT2D eigenvalue weighted by molar-refractivity contribution is -0.150. The summed E-state index contributed by atoms with van der Waals surface area (Å²) < 4.78 is 0. The number of amides is 3. The lowest BCUT2D eigenvalue weighted by atomic mass is 9.74. The molecule has 0 aromatic heterocycles. The molecule has 0 saturated heterocycles. The van der Waals surface area contributed by atoms with Crippen molar-refractivity contribution in [2.24, 2.45) is 5.41 Å². The zero-order valence-electron chi connectivity index (χ0n) is 13.9. The first-order valence-corrected chi connectivity index (χ1v) is 6.87. The first-order valence-electron chi connectivity index (χ1n) is 6.87. The van der Waals surface area contributed by atoms with Gasteiger partial charge in [-0.3, -0.25) is 9.59 Å². The molecular weight excluding hydrogens is 274 g/mol. The van der Waals surface area contributed by atoms with Gasteiger partial charge in [0, 0.05) is 13.1 Å². The second-order valence-electron chi connectivity index (χ2n) is 6.56. The Labute approximate surface area is 126 Å². The number of carbonyl (C=O) groups excluding carboxylic acids is 2. The fourth-order valence-corrected chi connectivity index (χ4v) is 1.44. The summed E-state index contributed by atoms with van der Waals surface area (Å²) in [7, 11) is 1.49. The highest BCUT2D eigenvalue weighted by Crippen LogP contribution is 2.30. The molecule has 7 nitrogen and oxygen atoms in total. The highest BCUT2D eigenvalue weighted by Gasteiger charge is 2.44. The molecule has 0 radical (unpaired) electrons. The molecule has 0 aliphatic carbocycles. The van der Waals surface area contributed by atoms with Gasteiger partial charge >= 0.3 is 12.0 Å². The van der Waals surface area contributed by atoms with Crippen LogP contribution < -0.4 is 10.6 Å². The number of nitrogens with zero attached hydrogens (tertiary/aromatic N) is 1. The smallest absolute Gasteiger partial charge is 0.318 e. The van der Waals surface area contributed by atoms with Crippen molar-refractivity contribution in [1.29, 1.82) is 0 Å². The fraction of sp³-hybridized carbons (Fsp3) is 0.786. The Kier molecular flexibility index (Phi) is 6.20. The summed E-state index contributed by atoms with van der Waals surface area (Å²) in [5.41, 5.74) is -2.12. The molecule has 7 heteroatoms. The third kappa shape index (κ3) is 5.24. The van der Waals surface area contributed by atoms with Crippen LogP contribution in [-0.4, -0.2) is 53.1 Å². The predicted molar refractivity (Wildman–Crippen MR) is 79.9 cm³/mol. The molecule has 0 saturated carbocycles. The first-order chi connectivity index (χ1) is 9.31. The molecule has 0 aliphatic rings. The van der Waals surface area contributed by atoms with Gasteiger partial charge in [-0.25, -0.2) is 4.79 Å². The van der Waals surface area contributed by atoms with E-state index in [1.165, 1.54) is 11.9 Å². The Morgan fingerprint density at radius 3 is 2.00 bits per heavy atom. The molecule has 0 heterocycles. The van der Waals surface area contributed by atoms with Crippen molar-refractivity contribution in [3.63, 3.8) is 0 Å². The molecule has 3 N–H and O–H groups in total. The SMILES string of the molecule is CC(C)NC(=O)CN(C)C(=O)NC(C)(C)C(C)(C)C(=O)O. The van der Waals surface area contributed by atoms with Crippen molar-refractivity contribution >= 4 is 17.9 Å². The van der Waals surface area contributed by atoms with Crippen molar-refractivity contribution in [3.05, 3.63) is 0 Å². The van der Waals surface area contributed by atoms with Crippen LogP contribution in [0, 0.1) is 5.41 Å². The molecule has 0 aromatic carbocycles. The second kappa shape index (κ2) is 6.78. The number of carboxylic acid groups (broad SMARTS) is 1. The van der Waals surface area contributed by atoms with Gasteiger partial charge in [0.25, 0.3) is 0 Å². The molecule has 0 aromatic rings. The summed E-state index contributed by atoms with van der Waals surface area (Å²) in [5.74, 6) is -1.27. The molecule has 0 aliphatic heterocycles. The highest BCUT2D eigenvalue weighted by molar-refractivity contribution is 5.85. The van der Waals surface area contributed by atoms with Crippen LogP contribution >= 0.6 is 0 Å². The van der Waals surface area contributed by atoms with Crippen molar-refractivity contribution in [2.45, 2.75) is 53.1 Å². The van der Waals surface area contributed by atoms with Crippen LogP contribution in [-0.2, 0) is 9.59 Å². The Morgan fingerprint density at radius 2 is 1.62 bits per heavy atom. The van der Waals surface area contributed by atoms with Crippen LogP contribution in [0.5, 0.6) is 0 Å². The van der Waals surface area contributed by atoms with Gasteiger partial charge in [-0.05, 0) is 41.5 Å². The van der Waals surface area contributed by atoms with Crippen molar-refractivity contribution in [2.75, 3.05) is 13.6 Å². The second-order valence-corrected chi connectivity index (χ2v) is 6.56. The Hall–Kier alpha value is -1.79. The van der Waals surface area contributed by atoms with Gasteiger partial charge in [-0.2, -0.15) is 0 Å². The predicted octanol–water partition coefficient (Wildman–Crippen LogP) is 1.04. The fourth-order valence-electron chi connectivity index (χ4n) is 1.44. The van der Waals surface area contributed by atoms with Gasteiger partial charge in [0.05, 0.1) is 11.0 Å². The van der Waals surface area contributed by atoms with E-state index in [9.17, 15) is 19.5 Å². The third-order valence-corrected chi connectivity index (χ3v) is 3.69. The standard InChI is InChI=1S/C14H27N3O4/c1-9(2)15-10(18)8-17(7)12(21)16-14(5,6)13(3,4)11(19)20/h9H,8H2,1-7H3,(H,15,18)(H,16,21)(H,19,20). The number of hydrogen-bond donors (Lipinski definition) is 3. The zero-order valence-corrected chi connectivity index (χ0v) is 13.9. The molecular formula is C14H27N3O4. The van der Waals surface area contributed by atoms with E-state index in [-0.39, 0.29) is 18.5 Å². The Morgan fingerprint density at radius 1 is 1.14 bits per heavy atom. The monoisotopic (exact) mass is 301 g/mol. The van der Waals surface area contributed by atoms with Crippen LogP contribution in [0.4, 0.5) is 4.79 Å². The van der Waals surface area contributed by atoms with E-state index < -0.39 is 23.0 Å². The summed E-state index contributed by atoms with van der Waals surface area (Å²) in [6.07, 6.45) is 0. The van der Waals surface area contributed by atoms with Crippen molar-refractivity contribution in [3.8, 4) is 0 Å². The summed E-state index contributed by atoms with van der Waals surface area (Å²) in [4.78, 5) is 36.2. The average Bonchev–Trinajstić information content (AvgIpc) is 2.26. The topological polar surface area (TPSA) is 98.7 Å². The number of carboxylic acids is 1. The number of nitrogens with one attached hydrogen (secondary N) is 2. The minimum Gasteiger partial charge on any atom is -0.481 e. The quantitative estimate of drug-likeness (QED) is 0.682. The van der Waals surface area contributed by atoms with Crippen molar-refractivity contribution in [1.82, 2.24) is 15.5 Å². The molecule has 0 unspecified atom stereocenters. The number of urea groups is 1. The normalized spacial score (nSPS) is 12.0. The number of carbonyl (C=O) groups is 3. The maximum absolute atomic E-state index is 12.1. The summed E-state index contributed by atoms with van der Waals surface area (Å²) >= 11 is 0. The maximum Gasteiger partial charge on any atom is 0.318 e. The minimum absolute atomic E-state index is 0.00338. The summed E-state index contributed by atoms with van der Waals surface area (Å²) in [5, 5.41) is 14.6. The largest absolute Gasteiger partial charge is 0.481 e. The van der Waals surface area contributed by atoms with Crippen LogP contribution in [0.1, 0.15) is 41.5 Å². The Bertz CT molecular complexity index is 416. The summed E-state index contributed by atoms with van der Waals surface area (Å²) in [6.45, 7) is 9.94. The molecule has 0 atom stereocenters. The average molecular weight is 301 g/mol. The first kappa shape index (κ1) is 19.2. The molecule has 0 spiro atoms. The van der Waals surface area contributed by atoms with Crippen molar-refractivity contribution < 1.29 is 19.5 Å². The van der Waals surface area contributed by atoms with Gasteiger partial charge in [0.2, 0.25) is 5.91 Å². The summed E-state index contributed by atoms with van der Waals surface area (Å²) in [6, 6.07) is -0.496. The van der Waals surface area contributed by atoms with E-state index in [1.807, 2.05) is 13.8 Å². The van der Waals surface area contributed by atoms with Crippen LogP contribution in [0.2, 0.25) is 0 Å². The molecule has 122 valence electrons. The van der Waals surface area contributed by atoms with Gasteiger partial charge in [-0.15, -0.1) is 0 Å². The molecule has 21 heavy (non-hydrogen) atoms. The number of aliphatic carboxylic acids is 1. The zero-order chi connectivity index (χ0) is 17.0. The van der Waals surface area contributed by atoms with E-state index in [0.717, 1.165) is 0 Å². The van der Waals surface area contributed by atoms with Gasteiger partial charge < -0.3 is 20.6 Å². The van der Waals surface area contributed by atoms with E-state index in [4.69, 9.17) is 0 Å². The molecule has 0 fully saturated rings. The lowest BCUT2D eigenvalue weighted by Crippen LogP contribution is -2.59. The van der Waals surface area contributed by atoms with Crippen LogP contribution in [0.3, 0.4) is 0 Å². The molecule has 3 amide bonds. The van der Waals surface area contributed by atoms with Gasteiger partial charge in [0.15, 0.2) is 0 Å². The number of rotatable bonds is 6. The minimum atomic E-state index is -1.15. The number of likely N-dealkylation sites (N-methyl/N-ethyl adjacent to an activating group) is 1. The van der Waals surface area contributed by atoms with Crippen LogP contribution in [0.15, 0.2) is 0 Å². The Balaban J connectivity index is 4.74. The number of hydrogen-bond acceptors (Lipinski definition) is 3. The van der Waals surface area contributed by atoms with E-state index in [1.54, 1.807) is 27.7 Å². The van der Waals surface area contributed by atoms with Gasteiger partial charge in [0.1, 0.15) is 6.54 Å². The lowest BCUT2D eigenvalue weighted by Gasteiger charge is -2.39. The van der Waals surface area contributed by atoms with E-state index in [2.05, 4.69) is 10.6 Å². The third-order valence-electron chi connectivity index (χ3n) is 3.69. The van der Waals surface area contributed by atoms with E-state index >= 15 is 0 Å². The highest BCUT2D eigenvalue weighted by atomic mass is 16.4. The molecule has 0 bridgehead atoms. The van der Waals surface area contributed by atoms with Crippen LogP contribution in [0.25, 0.3) is 0 Å². The molecule has 0 rings (SSSR count). The van der Waals surface area contributed by atoms with E-state index in [0.29, 0.717) is 0 Å². The van der Waals surface area contributed by atoms with Gasteiger partial charge in [-0.1, -0.05) is 0 Å².